The molecule has 0 spiro atoms. The van der Waals surface area contributed by atoms with E-state index in [1.54, 1.807) is 17.7 Å². The fraction of sp³-hybridized carbons (Fsp3) is 0.214. The van der Waals surface area contributed by atoms with Crippen molar-refractivity contribution in [1.29, 1.82) is 5.26 Å². The van der Waals surface area contributed by atoms with Gasteiger partial charge in [-0.25, -0.2) is 4.68 Å². The van der Waals surface area contributed by atoms with Crippen LogP contribution in [0.2, 0.25) is 0 Å². The van der Waals surface area contributed by atoms with E-state index in [1.807, 2.05) is 66.9 Å². The zero-order chi connectivity index (χ0) is 24.9. The molecular formula is C28H25BrN4O2. The number of rotatable bonds is 7. The van der Waals surface area contributed by atoms with Crippen LogP contribution in [0.1, 0.15) is 38.7 Å². The zero-order valence-electron chi connectivity index (χ0n) is 19.7. The van der Waals surface area contributed by atoms with Crippen molar-refractivity contribution in [3.8, 4) is 23.0 Å². The van der Waals surface area contributed by atoms with Gasteiger partial charge in [-0.05, 0) is 49.3 Å². The first-order chi connectivity index (χ1) is 16.9. The highest BCUT2D eigenvalue weighted by molar-refractivity contribution is 9.10. The van der Waals surface area contributed by atoms with E-state index in [2.05, 4.69) is 22.9 Å². The van der Waals surface area contributed by atoms with Gasteiger partial charge < -0.3 is 0 Å². The van der Waals surface area contributed by atoms with Gasteiger partial charge in [-0.3, -0.25) is 14.5 Å². The average Bonchev–Trinajstić information content (AvgIpc) is 3.29. The summed E-state index contributed by atoms with van der Waals surface area (Å²) in [4.78, 5) is 27.5. The Balaban J connectivity index is 1.86. The number of nitrogens with zero attached hydrogens (tertiary/aromatic N) is 4. The molecule has 0 aliphatic carbocycles. The van der Waals surface area contributed by atoms with Gasteiger partial charge in [0.1, 0.15) is 11.6 Å². The van der Waals surface area contributed by atoms with E-state index >= 15 is 0 Å². The van der Waals surface area contributed by atoms with Crippen molar-refractivity contribution in [3.63, 3.8) is 0 Å². The number of carbonyl (C=O) groups excluding carboxylic acids is 2. The van der Waals surface area contributed by atoms with Crippen LogP contribution < -0.4 is 0 Å². The molecule has 0 saturated carbocycles. The van der Waals surface area contributed by atoms with Crippen LogP contribution in [0.15, 0.2) is 82.0 Å². The van der Waals surface area contributed by atoms with Crippen LogP contribution >= 0.6 is 15.9 Å². The summed E-state index contributed by atoms with van der Waals surface area (Å²) < 4.78 is 2.72. The first-order valence-electron chi connectivity index (χ1n) is 11.5. The third-order valence-corrected chi connectivity index (χ3v) is 6.52. The number of imide groups is 1. The largest absolute Gasteiger partial charge is 0.274 e. The Kier molecular flexibility index (Phi) is 7.42. The van der Waals surface area contributed by atoms with Crippen molar-refractivity contribution in [2.24, 2.45) is 0 Å². The molecule has 1 aromatic heterocycles. The van der Waals surface area contributed by atoms with Crippen molar-refractivity contribution < 1.29 is 9.59 Å². The Labute approximate surface area is 213 Å². The molecule has 4 rings (SSSR count). The number of hydrogen-bond acceptors (Lipinski definition) is 4. The smallest absolute Gasteiger partial charge is 0.271 e. The van der Waals surface area contributed by atoms with Gasteiger partial charge in [-0.2, -0.15) is 10.4 Å². The van der Waals surface area contributed by atoms with Gasteiger partial charge in [-0.15, -0.1) is 0 Å². The van der Waals surface area contributed by atoms with Crippen LogP contribution in [0, 0.1) is 11.3 Å². The van der Waals surface area contributed by atoms with E-state index in [1.165, 1.54) is 4.90 Å². The predicted molar refractivity (Wildman–Crippen MR) is 139 cm³/mol. The molecular weight excluding hydrogens is 504 g/mol. The maximum Gasteiger partial charge on any atom is 0.271 e. The molecule has 3 aromatic rings. The van der Waals surface area contributed by atoms with E-state index in [-0.39, 0.29) is 11.5 Å². The molecule has 0 unspecified atom stereocenters. The molecule has 0 N–H and O–H groups in total. The summed E-state index contributed by atoms with van der Waals surface area (Å²) >= 11 is 3.47. The summed E-state index contributed by atoms with van der Waals surface area (Å²) in [6.07, 6.45) is 6.18. The van der Waals surface area contributed by atoms with Crippen LogP contribution in [-0.2, 0) is 9.59 Å². The highest BCUT2D eigenvalue weighted by Gasteiger charge is 2.35. The summed E-state index contributed by atoms with van der Waals surface area (Å²) in [7, 11) is 0. The summed E-state index contributed by atoms with van der Waals surface area (Å²) in [5.74, 6) is -0.895. The maximum absolute atomic E-state index is 13.4. The number of aromatic nitrogens is 2. The van der Waals surface area contributed by atoms with Crippen molar-refractivity contribution in [3.05, 3.63) is 87.5 Å². The lowest BCUT2D eigenvalue weighted by molar-refractivity contribution is -0.140. The molecule has 2 aromatic carbocycles. The van der Waals surface area contributed by atoms with Crippen molar-refractivity contribution in [1.82, 2.24) is 14.7 Å². The van der Waals surface area contributed by atoms with Crippen molar-refractivity contribution in [2.75, 3.05) is 6.54 Å². The Morgan fingerprint density at radius 3 is 2.40 bits per heavy atom. The second kappa shape index (κ2) is 10.7. The molecule has 35 heavy (non-hydrogen) atoms. The normalized spacial score (nSPS) is 15.1. The number of hydrogen-bond donors (Lipinski definition) is 0. The van der Waals surface area contributed by atoms with Crippen LogP contribution in [-0.4, -0.2) is 33.0 Å². The molecule has 0 radical (unpaired) electrons. The lowest BCUT2D eigenvalue weighted by Crippen LogP contribution is -2.43. The Hall–Kier alpha value is -3.76. The van der Waals surface area contributed by atoms with Gasteiger partial charge in [0.15, 0.2) is 0 Å². The quantitative estimate of drug-likeness (QED) is 0.211. The Morgan fingerprint density at radius 1 is 1.03 bits per heavy atom. The van der Waals surface area contributed by atoms with E-state index in [9.17, 15) is 14.9 Å². The van der Waals surface area contributed by atoms with E-state index in [4.69, 9.17) is 5.10 Å². The van der Waals surface area contributed by atoms with Gasteiger partial charge in [0, 0.05) is 33.9 Å². The molecule has 0 atom stereocenters. The molecule has 7 heteroatoms. The van der Waals surface area contributed by atoms with E-state index in [0.29, 0.717) is 29.8 Å². The fourth-order valence-electron chi connectivity index (χ4n) is 4.05. The number of carbonyl (C=O) groups is 2. The third kappa shape index (κ3) is 5.03. The molecule has 2 amide bonds. The maximum atomic E-state index is 13.4. The molecule has 1 aliphatic heterocycles. The SMILES string of the molecule is CCCCCN1C(=O)C(C#N)=C(C)/C(=C\c2cn(-c3ccccc3)nc2-c2ccc(Br)cc2)C1=O. The second-order valence-electron chi connectivity index (χ2n) is 8.36. The summed E-state index contributed by atoms with van der Waals surface area (Å²) in [6.45, 7) is 4.01. The number of para-hydroxylation sites is 1. The van der Waals surface area contributed by atoms with Crippen LogP contribution in [0.3, 0.4) is 0 Å². The van der Waals surface area contributed by atoms with E-state index in [0.717, 1.165) is 34.1 Å². The molecule has 2 heterocycles. The van der Waals surface area contributed by atoms with Gasteiger partial charge in [0.2, 0.25) is 0 Å². The van der Waals surface area contributed by atoms with Gasteiger partial charge in [0.05, 0.1) is 11.4 Å². The first kappa shape index (κ1) is 24.4. The van der Waals surface area contributed by atoms with Crippen molar-refractivity contribution in [2.45, 2.75) is 33.1 Å². The number of nitriles is 1. The second-order valence-corrected chi connectivity index (χ2v) is 9.27. The standard InChI is InChI=1S/C28H25BrN4O2/c1-3-4-8-15-32-27(34)24(19(2)25(17-30)28(32)35)16-21-18-33(23-9-6-5-7-10-23)31-26(21)20-11-13-22(29)14-12-20/h5-7,9-14,16,18H,3-4,8,15H2,1-2H3/b24-16+. The monoisotopic (exact) mass is 528 g/mol. The number of unbranched alkanes of at least 4 members (excludes halogenated alkanes) is 2. The van der Waals surface area contributed by atoms with Crippen LogP contribution in [0.4, 0.5) is 0 Å². The molecule has 0 fully saturated rings. The highest BCUT2D eigenvalue weighted by Crippen LogP contribution is 2.31. The number of benzene rings is 2. The molecule has 0 bridgehead atoms. The highest BCUT2D eigenvalue weighted by atomic mass is 79.9. The van der Waals surface area contributed by atoms with Gasteiger partial charge >= 0.3 is 0 Å². The van der Waals surface area contributed by atoms with Gasteiger partial charge in [0.25, 0.3) is 11.8 Å². The predicted octanol–water partition coefficient (Wildman–Crippen LogP) is 6.08. The van der Waals surface area contributed by atoms with Crippen molar-refractivity contribution >= 4 is 33.8 Å². The topological polar surface area (TPSA) is 79.0 Å². The van der Waals surface area contributed by atoms with Crippen LogP contribution in [0.25, 0.3) is 23.0 Å². The summed E-state index contributed by atoms with van der Waals surface area (Å²) in [5.41, 5.74) is 3.92. The molecule has 0 saturated heterocycles. The molecule has 6 nitrogen and oxygen atoms in total. The fourth-order valence-corrected chi connectivity index (χ4v) is 4.31. The third-order valence-electron chi connectivity index (χ3n) is 5.99. The number of amides is 2. The Morgan fingerprint density at radius 2 is 1.74 bits per heavy atom. The average molecular weight is 529 g/mol. The zero-order valence-corrected chi connectivity index (χ0v) is 21.2. The minimum absolute atomic E-state index is 0.00740. The van der Waals surface area contributed by atoms with Crippen LogP contribution in [0.5, 0.6) is 0 Å². The van der Waals surface area contributed by atoms with Gasteiger partial charge in [-0.1, -0.05) is 66.0 Å². The lowest BCUT2D eigenvalue weighted by atomic mass is 9.93. The molecule has 176 valence electrons. The minimum Gasteiger partial charge on any atom is -0.274 e. The lowest BCUT2D eigenvalue weighted by Gasteiger charge is -2.27. The summed E-state index contributed by atoms with van der Waals surface area (Å²) in [5, 5.41) is 14.5. The Bertz CT molecular complexity index is 1360. The molecule has 1 aliphatic rings. The van der Waals surface area contributed by atoms with E-state index < -0.39 is 5.91 Å². The summed E-state index contributed by atoms with van der Waals surface area (Å²) in [6, 6.07) is 19.5. The first-order valence-corrected chi connectivity index (χ1v) is 12.3. The minimum atomic E-state index is -0.517. The number of halogens is 1.